The first-order valence-corrected chi connectivity index (χ1v) is 51.4. The molecule has 6 amide bonds. The first-order valence-electron chi connectivity index (χ1n) is 46.3. The average molecular weight is 2080 g/mol. The Morgan fingerprint density at radius 3 is 1.00 bits per heavy atom. The van der Waals surface area contributed by atoms with Gasteiger partial charge in [-0.05, 0) is 191 Å². The summed E-state index contributed by atoms with van der Waals surface area (Å²) in [6.45, 7) is 26.8. The van der Waals surface area contributed by atoms with E-state index in [-0.39, 0.29) is 29.7 Å². The molecule has 9 aromatic heterocycles. The van der Waals surface area contributed by atoms with Crippen molar-refractivity contribution < 1.29 is 61.6 Å². The molecule has 6 fully saturated rings. The minimum atomic E-state index is -3.61. The molecule has 0 bridgehead atoms. The van der Waals surface area contributed by atoms with Gasteiger partial charge in [0.25, 0.3) is 0 Å². The number of nitrogens with one attached hydrogen (secondary N) is 6. The third-order valence-electron chi connectivity index (χ3n) is 23.5. The highest BCUT2D eigenvalue weighted by Gasteiger charge is 2.33. The molecular formula is C98H114Cl2F5N27O9S3. The molecule has 0 saturated carbocycles. The molecule has 46 heteroatoms. The van der Waals surface area contributed by atoms with Crippen molar-refractivity contribution in [3.05, 3.63) is 309 Å². The molecule has 0 spiro atoms. The number of piperazine rings is 6. The maximum atomic E-state index is 13.8. The van der Waals surface area contributed by atoms with Crippen molar-refractivity contribution in [1.82, 2.24) is 77.4 Å². The fourth-order valence-corrected chi connectivity index (χ4v) is 19.0. The van der Waals surface area contributed by atoms with Crippen molar-refractivity contribution in [2.75, 3.05) is 212 Å². The van der Waals surface area contributed by atoms with Gasteiger partial charge in [-0.15, -0.1) is 0 Å². The molecule has 0 aliphatic carbocycles. The van der Waals surface area contributed by atoms with E-state index in [0.29, 0.717) is 214 Å². The van der Waals surface area contributed by atoms with Crippen molar-refractivity contribution in [2.24, 2.45) is 0 Å². The Morgan fingerprint density at radius 1 is 0.292 bits per heavy atom. The van der Waals surface area contributed by atoms with E-state index in [1.807, 2.05) is 118 Å². The zero-order valence-electron chi connectivity index (χ0n) is 80.5. The van der Waals surface area contributed by atoms with Crippen molar-refractivity contribution in [3.63, 3.8) is 0 Å². The lowest BCUT2D eigenvalue weighted by molar-refractivity contribution is 0.143. The molecule has 18 rings (SSSR count). The quantitative estimate of drug-likeness (QED) is 0.0409. The minimum Gasteiger partial charge on any atom is -0.369 e. The van der Waals surface area contributed by atoms with Crippen molar-refractivity contribution >= 4 is 136 Å². The molecule has 0 radical (unpaired) electrons. The van der Waals surface area contributed by atoms with Gasteiger partial charge in [0.15, 0.2) is 23.3 Å². The topological polar surface area (TPSA) is 381 Å². The Kier molecular flexibility index (Phi) is 38.0. The SMILES string of the molecule is Cc1ccc(N2CCN(S(=O)(=O)Nc3ccc(C)cn3)CC2)cc1.Cc1ccc(NC(=O)N2CCN(Cc3ccc(F)c(F)c3)CC2)nc1.Cc1ccc(NC(=O)N2CCN(c3cc(F)ccn3)CC2)nc1.Cc1ccc(NC(=O)N2CCN(c3ncc(F)cc3F)CC2)nc1.Cc1ccc(NS(=O)(=O)N2CCN(c3ccc(Cl)cc3)CC2)nc1.Cc1ccc(NS(=O)(=O)N2CCN(c3ccc(Cl)cn3)CC2)nc1. The number of halogens is 7. The number of carbonyl (C=O) groups is 3. The molecule has 3 aromatic carbocycles. The number of hydrogen-bond donors (Lipinski definition) is 6. The Hall–Kier alpha value is -13.9. The first kappa shape index (κ1) is 107. The fourth-order valence-electron chi connectivity index (χ4n) is 15.3. The Balaban J connectivity index is 0.000000145. The zero-order chi connectivity index (χ0) is 103. The first-order chi connectivity index (χ1) is 69.0. The second-order valence-electron chi connectivity index (χ2n) is 34.5. The lowest BCUT2D eigenvalue weighted by Crippen LogP contribution is -2.50. The molecule has 36 nitrogen and oxygen atoms in total. The van der Waals surface area contributed by atoms with Crippen LogP contribution < -0.4 is 54.6 Å². The molecule has 6 saturated heterocycles. The van der Waals surface area contributed by atoms with Crippen LogP contribution in [0.15, 0.2) is 226 Å². The summed E-state index contributed by atoms with van der Waals surface area (Å²) in [7, 11) is -10.8. The van der Waals surface area contributed by atoms with E-state index in [1.165, 1.54) is 42.9 Å². The Morgan fingerprint density at radius 2 is 0.639 bits per heavy atom. The van der Waals surface area contributed by atoms with Gasteiger partial charge in [0.1, 0.15) is 58.2 Å². The second-order valence-corrected chi connectivity index (χ2v) is 40.4. The van der Waals surface area contributed by atoms with Gasteiger partial charge in [0.05, 0.1) is 11.2 Å². The average Bonchev–Trinajstić information content (AvgIpc) is 0.816. The van der Waals surface area contributed by atoms with Crippen LogP contribution in [0.25, 0.3) is 0 Å². The molecule has 6 N–H and O–H groups in total. The molecule has 0 unspecified atom stereocenters. The number of benzene rings is 3. The fraction of sp³-hybridized carbons (Fsp3) is 0.327. The van der Waals surface area contributed by atoms with Crippen LogP contribution in [0.4, 0.5) is 100 Å². The van der Waals surface area contributed by atoms with Gasteiger partial charge >= 0.3 is 48.7 Å². The number of anilines is 11. The summed E-state index contributed by atoms with van der Waals surface area (Å²) >= 11 is 11.7. The van der Waals surface area contributed by atoms with E-state index in [0.717, 1.165) is 74.5 Å². The number of aromatic nitrogens is 9. The highest BCUT2D eigenvalue weighted by molar-refractivity contribution is 7.91. The van der Waals surface area contributed by atoms with E-state index in [1.54, 1.807) is 112 Å². The maximum Gasteiger partial charge on any atom is 0.323 e. The molecule has 144 heavy (non-hydrogen) atoms. The largest absolute Gasteiger partial charge is 0.369 e. The molecule has 6 aliphatic heterocycles. The summed E-state index contributed by atoms with van der Waals surface area (Å²) in [6, 6.07) is 47.8. The molecule has 6 aliphatic rings. The predicted octanol–water partition coefficient (Wildman–Crippen LogP) is 14.3. The molecule has 762 valence electrons. The predicted molar refractivity (Wildman–Crippen MR) is 551 cm³/mol. The number of carbonyl (C=O) groups excluding carboxylic acids is 3. The van der Waals surface area contributed by atoms with E-state index < -0.39 is 53.9 Å². The van der Waals surface area contributed by atoms with E-state index in [2.05, 4.69) is 121 Å². The third kappa shape index (κ3) is 32.3. The number of aryl methyl sites for hydroxylation is 7. The summed E-state index contributed by atoms with van der Waals surface area (Å²) in [6.07, 6.45) is 14.0. The lowest BCUT2D eigenvalue weighted by atomic mass is 10.2. The molecule has 15 heterocycles. The molecule has 0 atom stereocenters. The standard InChI is InChI=1S/C18H20F2N4O.C17H22N4O2S.C16H19ClN4O2S.C16H17F2N5O.C16H18FN5O.C15H18ClN5O2S/c1-13-2-5-17(21-11-13)22-18(25)24-8-6-23(7-9-24)12-14-3-4-15(19)16(20)10-14;1-14-3-6-16(7-4-14)20-9-11-21(12-10-20)24(22,23)19-17-8-5-15(2)13-18-17;1-13-2-7-16(18-12-13)19-24(22,23)21-10-8-20(9-11-21)15-5-3-14(17)4-6-15;1-11-2-3-14(19-9-11)21-16(24)23-6-4-22(5-7-23)15-13(18)8-12(17)10-20-15;1-12-2-3-14(19-11-12)20-16(23)22-8-6-21(7-9-22)15-10-13(17)4-5-18-15;1-12-2-4-14(17-10-12)19-24(22,23)21-8-6-20(7-9-21)15-5-3-13(16)11-18-15/h2-5,10-11H,6-9,12H2,1H3,(H,21,22,25);3-8,13H,9-12H2,1-2H3,(H,18,19);2-7,12H,8-11H2,1H3,(H,18,19);2-3,8-10H,4-7H2,1H3,(H,19,21,24);2-5,10-11H,6-9H2,1H3,(H,19,20,23);2-5,10-11H,6-9H2,1H3,(H,17,19). The van der Waals surface area contributed by atoms with Gasteiger partial charge < -0.3 is 39.2 Å². The van der Waals surface area contributed by atoms with Gasteiger partial charge in [0.2, 0.25) is 0 Å². The van der Waals surface area contributed by atoms with Crippen molar-refractivity contribution in [3.8, 4) is 0 Å². The maximum absolute atomic E-state index is 13.8. The van der Waals surface area contributed by atoms with Gasteiger partial charge in [0, 0.05) is 242 Å². The Labute approximate surface area is 845 Å². The number of nitrogens with zero attached hydrogens (tertiary/aromatic N) is 21. The summed E-state index contributed by atoms with van der Waals surface area (Å²) in [5.41, 5.74) is 10.1. The smallest absolute Gasteiger partial charge is 0.323 e. The van der Waals surface area contributed by atoms with Crippen molar-refractivity contribution in [1.29, 1.82) is 0 Å². The third-order valence-corrected chi connectivity index (χ3v) is 28.6. The number of amides is 6. The number of pyridine rings is 9. The van der Waals surface area contributed by atoms with Crippen LogP contribution in [0.2, 0.25) is 10.0 Å². The van der Waals surface area contributed by atoms with Crippen LogP contribution in [-0.4, -0.2) is 278 Å². The van der Waals surface area contributed by atoms with Crippen LogP contribution in [-0.2, 0) is 37.2 Å². The molecular weight excluding hydrogens is 1960 g/mol. The highest BCUT2D eigenvalue weighted by Crippen LogP contribution is 2.28. The van der Waals surface area contributed by atoms with Gasteiger partial charge in [-0.25, -0.2) is 81.2 Å². The highest BCUT2D eigenvalue weighted by atomic mass is 35.5. The number of rotatable bonds is 19. The summed E-state index contributed by atoms with van der Waals surface area (Å²) in [4.78, 5) is 90.9. The lowest BCUT2D eigenvalue weighted by Gasteiger charge is -2.35. The van der Waals surface area contributed by atoms with Crippen LogP contribution in [0.1, 0.15) is 44.5 Å². The van der Waals surface area contributed by atoms with Gasteiger partial charge in [-0.2, -0.15) is 38.2 Å². The zero-order valence-corrected chi connectivity index (χ0v) is 84.4. The van der Waals surface area contributed by atoms with E-state index >= 15 is 0 Å². The number of urea groups is 3. The summed E-state index contributed by atoms with van der Waals surface area (Å²) in [5.74, 6) is 0.679. The van der Waals surface area contributed by atoms with Crippen LogP contribution in [0, 0.1) is 77.6 Å². The van der Waals surface area contributed by atoms with Gasteiger partial charge in [-0.1, -0.05) is 83.4 Å². The second kappa shape index (κ2) is 50.9. The van der Waals surface area contributed by atoms with E-state index in [9.17, 15) is 61.6 Å². The number of hydrogen-bond acceptors (Lipinski definition) is 24. The van der Waals surface area contributed by atoms with Crippen LogP contribution >= 0.6 is 23.2 Å². The van der Waals surface area contributed by atoms with Gasteiger partial charge in [-0.3, -0.25) is 35.0 Å². The van der Waals surface area contributed by atoms with E-state index in [4.69, 9.17) is 23.2 Å². The van der Waals surface area contributed by atoms with Crippen LogP contribution in [0.5, 0.6) is 0 Å². The monoisotopic (exact) mass is 2070 g/mol. The van der Waals surface area contributed by atoms with Crippen molar-refractivity contribution in [2.45, 2.75) is 55.0 Å². The Bertz CT molecular complexity index is 6240. The molecule has 12 aromatic rings. The van der Waals surface area contributed by atoms with Crippen LogP contribution in [0.3, 0.4) is 0 Å². The minimum absolute atomic E-state index is 0.108. The summed E-state index contributed by atoms with van der Waals surface area (Å²) in [5, 5.41) is 9.57. The summed E-state index contributed by atoms with van der Waals surface area (Å²) < 4.78 is 153. The normalized spacial score (nSPS) is 15.5.